The summed E-state index contributed by atoms with van der Waals surface area (Å²) in [6, 6.07) is 17.8. The molecule has 0 unspecified atom stereocenters. The Bertz CT molecular complexity index is 453. The first kappa shape index (κ1) is 11.4. The summed E-state index contributed by atoms with van der Waals surface area (Å²) in [5.74, 6) is 0. The third kappa shape index (κ3) is 2.94. The van der Waals surface area contributed by atoms with Gasteiger partial charge < -0.3 is 5.11 Å². The molecule has 0 heterocycles. The van der Waals surface area contributed by atoms with Crippen LogP contribution in [0.15, 0.2) is 59.1 Å². The van der Waals surface area contributed by atoms with Crippen molar-refractivity contribution in [2.75, 3.05) is 0 Å². The second-order valence-electron chi connectivity index (χ2n) is 3.76. The quantitative estimate of drug-likeness (QED) is 0.906. The molecule has 0 amide bonds. The van der Waals surface area contributed by atoms with Crippen molar-refractivity contribution in [2.24, 2.45) is 0 Å². The van der Waals surface area contributed by atoms with Gasteiger partial charge in [-0.2, -0.15) is 0 Å². The summed E-state index contributed by atoms with van der Waals surface area (Å²) in [5.41, 5.74) is 2.09. The molecule has 0 aliphatic heterocycles. The third-order valence-corrected chi connectivity index (χ3v) is 3.00. The van der Waals surface area contributed by atoms with Gasteiger partial charge in [0.25, 0.3) is 0 Å². The molecule has 0 bridgehead atoms. The molecule has 2 rings (SSSR count). The first-order chi connectivity index (χ1) is 7.75. The van der Waals surface area contributed by atoms with E-state index >= 15 is 0 Å². The predicted octanol–water partition coefficient (Wildman–Crippen LogP) is 3.73. The van der Waals surface area contributed by atoms with Crippen molar-refractivity contribution in [1.29, 1.82) is 0 Å². The van der Waals surface area contributed by atoms with Gasteiger partial charge in [0, 0.05) is 10.9 Å². The molecule has 1 N–H and O–H groups in total. The molecule has 0 fully saturated rings. The van der Waals surface area contributed by atoms with Crippen LogP contribution in [0.25, 0.3) is 0 Å². The van der Waals surface area contributed by atoms with E-state index in [0.717, 1.165) is 15.6 Å². The van der Waals surface area contributed by atoms with E-state index in [4.69, 9.17) is 0 Å². The van der Waals surface area contributed by atoms with Gasteiger partial charge in [-0.1, -0.05) is 58.4 Å². The van der Waals surface area contributed by atoms with E-state index in [-0.39, 0.29) is 0 Å². The molecule has 0 aromatic heterocycles. The Balaban J connectivity index is 2.12. The fourth-order valence-electron chi connectivity index (χ4n) is 1.67. The molecule has 1 nitrogen and oxygen atoms in total. The van der Waals surface area contributed by atoms with Crippen molar-refractivity contribution in [3.05, 3.63) is 70.2 Å². The highest BCUT2D eigenvalue weighted by atomic mass is 79.9. The molecule has 0 radical (unpaired) electrons. The Morgan fingerprint density at radius 1 is 1.00 bits per heavy atom. The first-order valence-corrected chi connectivity index (χ1v) is 6.02. The zero-order chi connectivity index (χ0) is 11.4. The zero-order valence-corrected chi connectivity index (χ0v) is 10.4. The molecule has 0 aliphatic rings. The fraction of sp³-hybridized carbons (Fsp3) is 0.143. The molecule has 16 heavy (non-hydrogen) atoms. The van der Waals surface area contributed by atoms with Gasteiger partial charge in [-0.3, -0.25) is 0 Å². The van der Waals surface area contributed by atoms with Crippen LogP contribution in [0.3, 0.4) is 0 Å². The van der Waals surface area contributed by atoms with E-state index in [2.05, 4.69) is 15.9 Å². The molecular weight excluding hydrogens is 264 g/mol. The smallest absolute Gasteiger partial charge is 0.0830 e. The summed E-state index contributed by atoms with van der Waals surface area (Å²) in [5, 5.41) is 10.1. The maximum absolute atomic E-state index is 10.1. The van der Waals surface area contributed by atoms with Gasteiger partial charge in [0.1, 0.15) is 0 Å². The predicted molar refractivity (Wildman–Crippen MR) is 69.2 cm³/mol. The van der Waals surface area contributed by atoms with Crippen LogP contribution in [0, 0.1) is 0 Å². The lowest BCUT2D eigenvalue weighted by molar-refractivity contribution is 0.178. The standard InChI is InChI=1S/C14H13BrO/c15-13-8-4-7-12(10-13)14(16)9-11-5-2-1-3-6-11/h1-8,10,14,16H,9H2/t14-/m1/s1. The molecule has 1 atom stereocenters. The summed E-state index contributed by atoms with van der Waals surface area (Å²) >= 11 is 3.40. The molecule has 0 spiro atoms. The van der Waals surface area contributed by atoms with E-state index in [0.29, 0.717) is 6.42 Å². The minimum Gasteiger partial charge on any atom is -0.388 e. The molecular formula is C14H13BrO. The van der Waals surface area contributed by atoms with Crippen LogP contribution < -0.4 is 0 Å². The second kappa shape index (κ2) is 5.28. The van der Waals surface area contributed by atoms with Crippen LogP contribution in [-0.4, -0.2) is 5.11 Å². The average molecular weight is 277 g/mol. The van der Waals surface area contributed by atoms with Crippen LogP contribution in [0.1, 0.15) is 17.2 Å². The Morgan fingerprint density at radius 3 is 2.44 bits per heavy atom. The maximum Gasteiger partial charge on any atom is 0.0830 e. The van der Waals surface area contributed by atoms with Gasteiger partial charge in [0.15, 0.2) is 0 Å². The van der Waals surface area contributed by atoms with Crippen molar-refractivity contribution >= 4 is 15.9 Å². The highest BCUT2D eigenvalue weighted by Crippen LogP contribution is 2.21. The van der Waals surface area contributed by atoms with E-state index in [1.54, 1.807) is 0 Å². The minimum atomic E-state index is -0.445. The van der Waals surface area contributed by atoms with Crippen molar-refractivity contribution in [1.82, 2.24) is 0 Å². The van der Waals surface area contributed by atoms with E-state index in [9.17, 15) is 5.11 Å². The van der Waals surface area contributed by atoms with Gasteiger partial charge in [0.2, 0.25) is 0 Å². The van der Waals surface area contributed by atoms with Gasteiger partial charge in [-0.05, 0) is 23.3 Å². The Morgan fingerprint density at radius 2 is 1.75 bits per heavy atom. The van der Waals surface area contributed by atoms with Gasteiger partial charge >= 0.3 is 0 Å². The summed E-state index contributed by atoms with van der Waals surface area (Å²) in [6.07, 6.45) is 0.206. The van der Waals surface area contributed by atoms with Crippen LogP contribution in [-0.2, 0) is 6.42 Å². The van der Waals surface area contributed by atoms with Crippen molar-refractivity contribution in [2.45, 2.75) is 12.5 Å². The monoisotopic (exact) mass is 276 g/mol. The summed E-state index contributed by atoms with van der Waals surface area (Å²) in [4.78, 5) is 0. The molecule has 2 aromatic carbocycles. The van der Waals surface area contributed by atoms with Gasteiger partial charge in [-0.25, -0.2) is 0 Å². The lowest BCUT2D eigenvalue weighted by atomic mass is 10.0. The molecule has 0 aliphatic carbocycles. The molecule has 2 heteroatoms. The first-order valence-electron chi connectivity index (χ1n) is 5.23. The SMILES string of the molecule is O[C@H](Cc1ccccc1)c1cccc(Br)c1. The maximum atomic E-state index is 10.1. The van der Waals surface area contributed by atoms with E-state index in [1.165, 1.54) is 0 Å². The summed E-state index contributed by atoms with van der Waals surface area (Å²) in [7, 11) is 0. The van der Waals surface area contributed by atoms with Crippen LogP contribution in [0.5, 0.6) is 0 Å². The Kier molecular flexibility index (Phi) is 3.75. The fourth-order valence-corrected chi connectivity index (χ4v) is 2.09. The number of halogens is 1. The van der Waals surface area contributed by atoms with E-state index < -0.39 is 6.10 Å². The molecule has 2 aromatic rings. The largest absolute Gasteiger partial charge is 0.388 e. The lowest BCUT2D eigenvalue weighted by Crippen LogP contribution is -2.01. The highest BCUT2D eigenvalue weighted by Gasteiger charge is 2.08. The van der Waals surface area contributed by atoms with Crippen LogP contribution in [0.4, 0.5) is 0 Å². The van der Waals surface area contributed by atoms with Crippen molar-refractivity contribution in [3.63, 3.8) is 0 Å². The number of hydrogen-bond acceptors (Lipinski definition) is 1. The van der Waals surface area contributed by atoms with Crippen molar-refractivity contribution < 1.29 is 5.11 Å². The molecule has 0 saturated carbocycles. The Labute approximate surface area is 104 Å². The van der Waals surface area contributed by atoms with Crippen LogP contribution in [0.2, 0.25) is 0 Å². The second-order valence-corrected chi connectivity index (χ2v) is 4.68. The number of aliphatic hydroxyl groups is 1. The number of aliphatic hydroxyl groups excluding tert-OH is 1. The number of hydrogen-bond donors (Lipinski definition) is 1. The van der Waals surface area contributed by atoms with E-state index in [1.807, 2.05) is 54.6 Å². The van der Waals surface area contributed by atoms with Gasteiger partial charge in [-0.15, -0.1) is 0 Å². The van der Waals surface area contributed by atoms with Crippen LogP contribution >= 0.6 is 15.9 Å². The lowest BCUT2D eigenvalue weighted by Gasteiger charge is -2.11. The third-order valence-electron chi connectivity index (χ3n) is 2.51. The molecule has 0 saturated heterocycles. The minimum absolute atomic E-state index is 0.445. The topological polar surface area (TPSA) is 20.2 Å². The number of rotatable bonds is 3. The summed E-state index contributed by atoms with van der Waals surface area (Å²) in [6.45, 7) is 0. The zero-order valence-electron chi connectivity index (χ0n) is 8.81. The highest BCUT2D eigenvalue weighted by molar-refractivity contribution is 9.10. The summed E-state index contributed by atoms with van der Waals surface area (Å²) < 4.78 is 0.997. The van der Waals surface area contributed by atoms with Crippen molar-refractivity contribution in [3.8, 4) is 0 Å². The normalized spacial score (nSPS) is 12.4. The van der Waals surface area contributed by atoms with Gasteiger partial charge in [0.05, 0.1) is 6.10 Å². The Hall–Kier alpha value is -1.12. The molecule has 82 valence electrons. The number of benzene rings is 2. The average Bonchev–Trinajstić information content (AvgIpc) is 2.30.